The maximum Gasteiger partial charge on any atom is 0.235 e. The third-order valence-corrected chi connectivity index (χ3v) is 2.80. The van der Waals surface area contributed by atoms with Gasteiger partial charge in [-0.05, 0) is 17.7 Å². The molecule has 90 valence electrons. The van der Waals surface area contributed by atoms with E-state index in [1.807, 2.05) is 16.8 Å². The molecule has 5 heteroatoms. The molecule has 0 radical (unpaired) electrons. The number of fused-ring (bicyclic) bond motifs is 1. The quantitative estimate of drug-likeness (QED) is 0.748. The summed E-state index contributed by atoms with van der Waals surface area (Å²) in [5, 5.41) is 0. The molecule has 0 aliphatic heterocycles. The highest BCUT2D eigenvalue weighted by Gasteiger charge is 2.05. The molecule has 3 rings (SSSR count). The zero-order valence-electron chi connectivity index (χ0n) is 9.55. The van der Waals surface area contributed by atoms with Crippen molar-refractivity contribution in [2.75, 3.05) is 5.73 Å². The molecule has 0 fully saturated rings. The van der Waals surface area contributed by atoms with Crippen molar-refractivity contribution < 1.29 is 4.39 Å². The lowest BCUT2D eigenvalue weighted by Gasteiger charge is -2.06. The molecule has 0 bridgehead atoms. The van der Waals surface area contributed by atoms with Gasteiger partial charge in [0.2, 0.25) is 5.78 Å². The first-order valence-corrected chi connectivity index (χ1v) is 5.55. The van der Waals surface area contributed by atoms with E-state index in [1.165, 1.54) is 12.1 Å². The van der Waals surface area contributed by atoms with Crippen molar-refractivity contribution >= 4 is 11.6 Å². The van der Waals surface area contributed by atoms with Gasteiger partial charge in [0, 0.05) is 30.6 Å². The monoisotopic (exact) mass is 242 g/mol. The molecular formula is C13H11FN4. The first kappa shape index (κ1) is 10.7. The Balaban J connectivity index is 1.98. The van der Waals surface area contributed by atoms with Crippen LogP contribution in [0, 0.1) is 5.82 Å². The van der Waals surface area contributed by atoms with Gasteiger partial charge in [0.05, 0.1) is 0 Å². The maximum absolute atomic E-state index is 12.8. The van der Waals surface area contributed by atoms with E-state index >= 15 is 0 Å². The molecular weight excluding hydrogens is 231 g/mol. The third-order valence-electron chi connectivity index (χ3n) is 2.80. The predicted octanol–water partition coefficient (Wildman–Crippen LogP) is 2.04. The molecule has 0 amide bonds. The van der Waals surface area contributed by atoms with Gasteiger partial charge in [-0.15, -0.1) is 0 Å². The molecule has 2 aromatic heterocycles. The van der Waals surface area contributed by atoms with E-state index in [9.17, 15) is 4.39 Å². The molecule has 2 heterocycles. The first-order valence-electron chi connectivity index (χ1n) is 5.55. The van der Waals surface area contributed by atoms with Crippen LogP contribution < -0.4 is 5.73 Å². The van der Waals surface area contributed by atoms with Crippen molar-refractivity contribution in [2.45, 2.75) is 6.42 Å². The van der Waals surface area contributed by atoms with Crippen LogP contribution in [0.2, 0.25) is 0 Å². The fourth-order valence-electron chi connectivity index (χ4n) is 1.86. The Morgan fingerprint density at radius 3 is 2.78 bits per heavy atom. The highest BCUT2D eigenvalue weighted by Crippen LogP contribution is 2.15. The van der Waals surface area contributed by atoms with E-state index in [2.05, 4.69) is 9.97 Å². The Morgan fingerprint density at radius 1 is 1.22 bits per heavy atom. The zero-order chi connectivity index (χ0) is 12.5. The average molecular weight is 242 g/mol. The van der Waals surface area contributed by atoms with Crippen LogP contribution in [-0.4, -0.2) is 14.4 Å². The summed E-state index contributed by atoms with van der Waals surface area (Å²) in [5.41, 5.74) is 7.77. The normalized spacial score (nSPS) is 10.9. The van der Waals surface area contributed by atoms with Gasteiger partial charge in [-0.25, -0.2) is 9.37 Å². The van der Waals surface area contributed by atoms with Crippen LogP contribution in [0.3, 0.4) is 0 Å². The van der Waals surface area contributed by atoms with Crippen LogP contribution in [0.4, 0.5) is 10.2 Å². The SMILES string of the molecule is Nc1nc2nccn2cc1Cc1ccc(F)cc1. The molecule has 0 atom stereocenters. The minimum absolute atomic E-state index is 0.241. The Bertz CT molecular complexity index is 688. The third kappa shape index (κ3) is 1.90. The summed E-state index contributed by atoms with van der Waals surface area (Å²) in [6, 6.07) is 6.36. The predicted molar refractivity (Wildman–Crippen MR) is 66.6 cm³/mol. The van der Waals surface area contributed by atoms with Gasteiger partial charge >= 0.3 is 0 Å². The van der Waals surface area contributed by atoms with E-state index in [4.69, 9.17) is 5.73 Å². The van der Waals surface area contributed by atoms with Crippen molar-refractivity contribution in [1.29, 1.82) is 0 Å². The van der Waals surface area contributed by atoms with Crippen LogP contribution in [0.5, 0.6) is 0 Å². The second kappa shape index (κ2) is 4.10. The molecule has 0 saturated heterocycles. The van der Waals surface area contributed by atoms with Crippen molar-refractivity contribution in [3.05, 3.63) is 59.8 Å². The highest BCUT2D eigenvalue weighted by atomic mass is 19.1. The highest BCUT2D eigenvalue weighted by molar-refractivity contribution is 5.47. The van der Waals surface area contributed by atoms with Crippen LogP contribution in [0.15, 0.2) is 42.9 Å². The minimum atomic E-state index is -0.241. The van der Waals surface area contributed by atoms with Crippen LogP contribution >= 0.6 is 0 Å². The molecule has 0 unspecified atom stereocenters. The molecule has 0 aliphatic carbocycles. The van der Waals surface area contributed by atoms with Gasteiger partial charge in [-0.3, -0.25) is 4.40 Å². The molecule has 4 nitrogen and oxygen atoms in total. The van der Waals surface area contributed by atoms with Crippen molar-refractivity contribution in [1.82, 2.24) is 14.4 Å². The van der Waals surface area contributed by atoms with E-state index in [1.54, 1.807) is 18.3 Å². The first-order chi connectivity index (χ1) is 8.72. The number of nitrogens with zero attached hydrogens (tertiary/aromatic N) is 3. The second-order valence-electron chi connectivity index (χ2n) is 4.09. The van der Waals surface area contributed by atoms with Crippen LogP contribution in [0.1, 0.15) is 11.1 Å². The zero-order valence-corrected chi connectivity index (χ0v) is 9.55. The van der Waals surface area contributed by atoms with E-state index < -0.39 is 0 Å². The Hall–Kier alpha value is -2.43. The van der Waals surface area contributed by atoms with E-state index in [-0.39, 0.29) is 5.82 Å². The molecule has 1 aromatic carbocycles. The lowest BCUT2D eigenvalue weighted by Crippen LogP contribution is -2.02. The number of halogens is 1. The van der Waals surface area contributed by atoms with Gasteiger partial charge in [0.15, 0.2) is 0 Å². The minimum Gasteiger partial charge on any atom is -0.383 e. The summed E-state index contributed by atoms with van der Waals surface area (Å²) in [6.45, 7) is 0. The van der Waals surface area contributed by atoms with Crippen LogP contribution in [-0.2, 0) is 6.42 Å². The number of hydrogen-bond acceptors (Lipinski definition) is 3. The van der Waals surface area contributed by atoms with Gasteiger partial charge in [0.25, 0.3) is 0 Å². The Kier molecular flexibility index (Phi) is 2.44. The lowest BCUT2D eigenvalue weighted by molar-refractivity contribution is 0.627. The Labute approximate surface area is 103 Å². The summed E-state index contributed by atoms with van der Waals surface area (Å²) >= 11 is 0. The molecule has 18 heavy (non-hydrogen) atoms. The number of nitrogen functional groups attached to an aromatic ring is 1. The standard InChI is InChI=1S/C13H11FN4/c14-11-3-1-9(2-4-11)7-10-8-18-6-5-16-13(18)17-12(10)15/h1-6,8H,7H2,(H2,15,16,17). The number of nitrogens with two attached hydrogens (primary N) is 1. The smallest absolute Gasteiger partial charge is 0.235 e. The number of imidazole rings is 1. The molecule has 3 aromatic rings. The second-order valence-corrected chi connectivity index (χ2v) is 4.09. The summed E-state index contributed by atoms with van der Waals surface area (Å²) < 4.78 is 14.6. The Morgan fingerprint density at radius 2 is 2.00 bits per heavy atom. The number of anilines is 1. The number of hydrogen-bond donors (Lipinski definition) is 1. The molecule has 2 N–H and O–H groups in total. The number of benzene rings is 1. The fraction of sp³-hybridized carbons (Fsp3) is 0.0769. The fourth-order valence-corrected chi connectivity index (χ4v) is 1.86. The number of rotatable bonds is 2. The van der Waals surface area contributed by atoms with Gasteiger partial charge in [0.1, 0.15) is 11.6 Å². The lowest BCUT2D eigenvalue weighted by atomic mass is 10.1. The summed E-state index contributed by atoms with van der Waals surface area (Å²) in [4.78, 5) is 8.27. The van der Waals surface area contributed by atoms with Crippen LogP contribution in [0.25, 0.3) is 5.78 Å². The van der Waals surface area contributed by atoms with Crippen molar-refractivity contribution in [3.8, 4) is 0 Å². The average Bonchev–Trinajstić information content (AvgIpc) is 2.79. The summed E-state index contributed by atoms with van der Waals surface area (Å²) in [6.07, 6.45) is 6.00. The van der Waals surface area contributed by atoms with E-state index in [0.717, 1.165) is 11.1 Å². The molecule has 0 aliphatic rings. The largest absolute Gasteiger partial charge is 0.383 e. The van der Waals surface area contributed by atoms with Gasteiger partial charge in [-0.1, -0.05) is 12.1 Å². The summed E-state index contributed by atoms with van der Waals surface area (Å²) in [5.74, 6) is 0.795. The summed E-state index contributed by atoms with van der Waals surface area (Å²) in [7, 11) is 0. The number of aromatic nitrogens is 3. The van der Waals surface area contributed by atoms with Gasteiger partial charge < -0.3 is 5.73 Å². The molecule has 0 spiro atoms. The van der Waals surface area contributed by atoms with E-state index in [0.29, 0.717) is 18.0 Å². The van der Waals surface area contributed by atoms with Gasteiger partial charge in [-0.2, -0.15) is 4.98 Å². The maximum atomic E-state index is 12.8. The topological polar surface area (TPSA) is 56.2 Å². The van der Waals surface area contributed by atoms with Crippen molar-refractivity contribution in [2.24, 2.45) is 0 Å². The van der Waals surface area contributed by atoms with Crippen molar-refractivity contribution in [3.63, 3.8) is 0 Å². The molecule has 0 saturated carbocycles.